The highest BCUT2D eigenvalue weighted by Crippen LogP contribution is 2.03. The zero-order chi connectivity index (χ0) is 7.28. The highest BCUT2D eigenvalue weighted by Gasteiger charge is 1.93. The zero-order valence-electron chi connectivity index (χ0n) is 5.42. The molecule has 50 valence electrons. The summed E-state index contributed by atoms with van der Waals surface area (Å²) in [6, 6.07) is 0. The lowest BCUT2D eigenvalue weighted by atomic mass is 10.2. The van der Waals surface area contributed by atoms with Crippen molar-refractivity contribution in [1.29, 1.82) is 0 Å². The van der Waals surface area contributed by atoms with Gasteiger partial charge in [-0.3, -0.25) is 4.79 Å². The van der Waals surface area contributed by atoms with Crippen molar-refractivity contribution in [1.82, 2.24) is 0 Å². The van der Waals surface area contributed by atoms with Gasteiger partial charge in [0, 0.05) is 6.42 Å². The van der Waals surface area contributed by atoms with Crippen molar-refractivity contribution in [3.05, 3.63) is 23.6 Å². The summed E-state index contributed by atoms with van der Waals surface area (Å²) < 4.78 is 0. The average molecular weight is 142 g/mol. The summed E-state index contributed by atoms with van der Waals surface area (Å²) in [4.78, 5) is 10.4. The van der Waals surface area contributed by atoms with Gasteiger partial charge in [0.05, 0.1) is 0 Å². The molecule has 2 heteroatoms. The molecule has 0 aliphatic carbocycles. The maximum atomic E-state index is 10.4. The second kappa shape index (κ2) is 4.39. The summed E-state index contributed by atoms with van der Waals surface area (Å²) >= 11 is 3.88. The molecule has 0 aliphatic heterocycles. The van der Waals surface area contributed by atoms with Gasteiger partial charge in [0.25, 0.3) is 0 Å². The molecule has 0 radical (unpaired) electrons. The Morgan fingerprint density at radius 1 is 1.78 bits per heavy atom. The number of thiol groups is 1. The van der Waals surface area contributed by atoms with E-state index in [1.54, 1.807) is 18.4 Å². The minimum absolute atomic E-state index is 0.134. The van der Waals surface area contributed by atoms with Crippen LogP contribution in [0, 0.1) is 0 Å². The molecule has 0 rings (SSSR count). The normalized spacial score (nSPS) is 11.1. The third kappa shape index (κ3) is 4.03. The molecule has 0 aromatic carbocycles. The molecule has 0 aromatic heterocycles. The fourth-order valence-corrected chi connectivity index (χ4v) is 0.655. The van der Waals surface area contributed by atoms with Crippen molar-refractivity contribution < 1.29 is 4.79 Å². The quantitative estimate of drug-likeness (QED) is 0.471. The van der Waals surface area contributed by atoms with Crippen LogP contribution in [-0.2, 0) is 4.79 Å². The van der Waals surface area contributed by atoms with Crippen molar-refractivity contribution in [2.24, 2.45) is 0 Å². The zero-order valence-corrected chi connectivity index (χ0v) is 6.32. The van der Waals surface area contributed by atoms with Crippen molar-refractivity contribution >= 4 is 18.4 Å². The molecular formula is C7H10OS. The van der Waals surface area contributed by atoms with E-state index in [4.69, 9.17) is 0 Å². The molecule has 0 heterocycles. The first kappa shape index (κ1) is 8.50. The van der Waals surface area contributed by atoms with E-state index in [2.05, 4.69) is 19.2 Å². The number of allylic oxidation sites excluding steroid dienone is 2. The molecule has 0 amide bonds. The molecule has 0 unspecified atom stereocenters. The van der Waals surface area contributed by atoms with Gasteiger partial charge in [0.1, 0.15) is 5.78 Å². The highest BCUT2D eigenvalue weighted by atomic mass is 32.1. The molecular weight excluding hydrogens is 132 g/mol. The number of rotatable bonds is 3. The lowest BCUT2D eigenvalue weighted by Crippen LogP contribution is -1.89. The van der Waals surface area contributed by atoms with E-state index >= 15 is 0 Å². The van der Waals surface area contributed by atoms with Gasteiger partial charge in [-0.05, 0) is 17.9 Å². The summed E-state index contributed by atoms with van der Waals surface area (Å²) in [5.74, 6) is 0.134. The van der Waals surface area contributed by atoms with Gasteiger partial charge < -0.3 is 0 Å². The van der Waals surface area contributed by atoms with Crippen LogP contribution in [-0.4, -0.2) is 5.78 Å². The lowest BCUT2D eigenvalue weighted by molar-refractivity contribution is -0.116. The van der Waals surface area contributed by atoms with Gasteiger partial charge in [-0.2, -0.15) is 12.6 Å². The summed E-state index contributed by atoms with van der Waals surface area (Å²) in [5, 5.41) is 1.59. The van der Waals surface area contributed by atoms with Gasteiger partial charge in [-0.1, -0.05) is 12.7 Å². The number of carbonyl (C=O) groups excluding carboxylic acids is 1. The molecule has 0 fully saturated rings. The monoisotopic (exact) mass is 142 g/mol. The van der Waals surface area contributed by atoms with E-state index in [0.29, 0.717) is 6.42 Å². The lowest BCUT2D eigenvalue weighted by Gasteiger charge is -1.92. The first-order valence-electron chi connectivity index (χ1n) is 2.66. The minimum Gasteiger partial charge on any atom is -0.300 e. The maximum Gasteiger partial charge on any atom is 0.134 e. The first-order chi connectivity index (χ1) is 4.20. The van der Waals surface area contributed by atoms with E-state index in [1.165, 1.54) is 0 Å². The van der Waals surface area contributed by atoms with Crippen molar-refractivity contribution in [2.45, 2.75) is 13.3 Å². The van der Waals surface area contributed by atoms with E-state index < -0.39 is 0 Å². The van der Waals surface area contributed by atoms with Crippen LogP contribution < -0.4 is 0 Å². The predicted molar refractivity (Wildman–Crippen MR) is 42.6 cm³/mol. The fourth-order valence-electron chi connectivity index (χ4n) is 0.458. The van der Waals surface area contributed by atoms with Gasteiger partial charge in [0.2, 0.25) is 0 Å². The Morgan fingerprint density at radius 2 is 2.33 bits per heavy atom. The largest absolute Gasteiger partial charge is 0.300 e. The standard InChI is InChI=1S/C7H10OS/c1-3-7(5-9)4-6(2)8/h3,5,9H,1,4H2,2H3/b7-5+. The number of Topliss-reactive ketones (excluding diaryl/α,β-unsaturated/α-hetero) is 1. The Kier molecular flexibility index (Phi) is 4.14. The van der Waals surface area contributed by atoms with Gasteiger partial charge in [0.15, 0.2) is 0 Å². The average Bonchev–Trinajstić information content (AvgIpc) is 1.82. The molecule has 0 bridgehead atoms. The van der Waals surface area contributed by atoms with Crippen LogP contribution in [0.3, 0.4) is 0 Å². The second-order valence-corrected chi connectivity index (χ2v) is 2.05. The summed E-state index contributed by atoms with van der Waals surface area (Å²) in [6.45, 7) is 5.06. The molecule has 0 spiro atoms. The van der Waals surface area contributed by atoms with Crippen LogP contribution in [0.15, 0.2) is 23.6 Å². The minimum atomic E-state index is 0.134. The Hall–Kier alpha value is -0.500. The van der Waals surface area contributed by atoms with Gasteiger partial charge in [-0.15, -0.1) is 0 Å². The molecule has 0 saturated carbocycles. The van der Waals surface area contributed by atoms with E-state index in [-0.39, 0.29) is 5.78 Å². The number of hydrogen-bond donors (Lipinski definition) is 1. The molecule has 0 aliphatic rings. The fraction of sp³-hybridized carbons (Fsp3) is 0.286. The summed E-state index contributed by atoms with van der Waals surface area (Å²) in [6.07, 6.45) is 2.07. The van der Waals surface area contributed by atoms with Crippen LogP contribution in [0.25, 0.3) is 0 Å². The van der Waals surface area contributed by atoms with Crippen LogP contribution >= 0.6 is 12.6 Å². The summed E-state index contributed by atoms with van der Waals surface area (Å²) in [7, 11) is 0. The number of ketones is 1. The maximum absolute atomic E-state index is 10.4. The molecule has 0 atom stereocenters. The third-order valence-corrected chi connectivity index (χ3v) is 1.21. The van der Waals surface area contributed by atoms with E-state index in [9.17, 15) is 4.79 Å². The first-order valence-corrected chi connectivity index (χ1v) is 3.17. The predicted octanol–water partition coefficient (Wildman–Crippen LogP) is 1.97. The van der Waals surface area contributed by atoms with Crippen LogP contribution in [0.1, 0.15) is 13.3 Å². The van der Waals surface area contributed by atoms with E-state index in [0.717, 1.165) is 5.57 Å². The van der Waals surface area contributed by atoms with Crippen LogP contribution in [0.2, 0.25) is 0 Å². The van der Waals surface area contributed by atoms with Crippen molar-refractivity contribution in [2.75, 3.05) is 0 Å². The smallest absolute Gasteiger partial charge is 0.134 e. The van der Waals surface area contributed by atoms with Crippen LogP contribution in [0.5, 0.6) is 0 Å². The van der Waals surface area contributed by atoms with Crippen molar-refractivity contribution in [3.63, 3.8) is 0 Å². The molecule has 1 nitrogen and oxygen atoms in total. The topological polar surface area (TPSA) is 17.1 Å². The second-order valence-electron chi connectivity index (χ2n) is 1.79. The van der Waals surface area contributed by atoms with Crippen molar-refractivity contribution in [3.8, 4) is 0 Å². The van der Waals surface area contributed by atoms with Crippen LogP contribution in [0.4, 0.5) is 0 Å². The molecule has 0 N–H and O–H groups in total. The number of hydrogen-bond acceptors (Lipinski definition) is 2. The Bertz CT molecular complexity index is 147. The van der Waals surface area contributed by atoms with E-state index in [1.807, 2.05) is 0 Å². The summed E-state index contributed by atoms with van der Waals surface area (Å²) in [5.41, 5.74) is 0.867. The Labute approximate surface area is 60.9 Å². The molecule has 9 heavy (non-hydrogen) atoms. The molecule has 0 saturated heterocycles. The van der Waals surface area contributed by atoms with Gasteiger partial charge >= 0.3 is 0 Å². The Balaban J connectivity index is 3.86. The third-order valence-electron chi connectivity index (χ3n) is 0.881. The SMILES string of the molecule is C=C/C(=C\S)CC(C)=O. The molecule has 0 aromatic rings. The van der Waals surface area contributed by atoms with Gasteiger partial charge in [-0.25, -0.2) is 0 Å². The number of carbonyl (C=O) groups is 1. The Morgan fingerprint density at radius 3 is 2.44 bits per heavy atom. The highest BCUT2D eigenvalue weighted by molar-refractivity contribution is 7.83.